The van der Waals surface area contributed by atoms with E-state index in [-0.39, 0.29) is 15.9 Å². The van der Waals surface area contributed by atoms with Gasteiger partial charge in [0.2, 0.25) is 0 Å². The molecule has 0 aliphatic heterocycles. The van der Waals surface area contributed by atoms with Crippen molar-refractivity contribution in [3.05, 3.63) is 33.7 Å². The second-order valence-corrected chi connectivity index (χ2v) is 4.33. The number of pyridine rings is 1. The monoisotopic (exact) mass is 271 g/mol. The van der Waals surface area contributed by atoms with Crippen molar-refractivity contribution in [2.75, 3.05) is 0 Å². The Hall–Kier alpha value is -1.67. The smallest absolute Gasteiger partial charge is 0.258 e. The van der Waals surface area contributed by atoms with Crippen molar-refractivity contribution in [2.45, 2.75) is 10.2 Å². The molecule has 0 spiro atoms. The Balaban J connectivity index is 2.41. The number of nitro groups is 1. The number of nitrogens with zero attached hydrogens (tertiary/aromatic N) is 5. The maximum Gasteiger partial charge on any atom is 0.301 e. The van der Waals surface area contributed by atoms with Crippen LogP contribution < -0.4 is 0 Å². The molecule has 17 heavy (non-hydrogen) atoms. The van der Waals surface area contributed by atoms with Gasteiger partial charge >= 0.3 is 5.69 Å². The standard InChI is InChI=1S/C8H6ClN5O2S/c1-13-8(10-4-11-13)17-7-5(14(15)16)2-3-6(9)12-7/h2-4H,1H3. The highest BCUT2D eigenvalue weighted by Crippen LogP contribution is 2.32. The molecule has 0 radical (unpaired) electrons. The summed E-state index contributed by atoms with van der Waals surface area (Å²) in [5.41, 5.74) is -0.109. The van der Waals surface area contributed by atoms with Crippen LogP contribution in [0.5, 0.6) is 0 Å². The molecule has 0 N–H and O–H groups in total. The number of hydrogen-bond acceptors (Lipinski definition) is 6. The molecular weight excluding hydrogens is 266 g/mol. The summed E-state index contributed by atoms with van der Waals surface area (Å²) in [5.74, 6) is 0. The summed E-state index contributed by atoms with van der Waals surface area (Å²) in [4.78, 5) is 18.2. The fraction of sp³-hybridized carbons (Fsp3) is 0.125. The van der Waals surface area contributed by atoms with Gasteiger partial charge in [-0.05, 0) is 17.8 Å². The Morgan fingerprint density at radius 2 is 2.29 bits per heavy atom. The van der Waals surface area contributed by atoms with Crippen molar-refractivity contribution in [1.29, 1.82) is 0 Å². The maximum absolute atomic E-state index is 10.8. The molecular formula is C8H6ClN5O2S. The Morgan fingerprint density at radius 3 is 2.88 bits per heavy atom. The highest BCUT2D eigenvalue weighted by Gasteiger charge is 2.18. The van der Waals surface area contributed by atoms with E-state index < -0.39 is 4.92 Å². The average Bonchev–Trinajstić information content (AvgIpc) is 2.64. The Bertz CT molecular complexity index is 573. The molecule has 9 heteroatoms. The first kappa shape index (κ1) is 11.8. The van der Waals surface area contributed by atoms with E-state index in [2.05, 4.69) is 15.1 Å². The van der Waals surface area contributed by atoms with Gasteiger partial charge in [0.1, 0.15) is 11.5 Å². The molecule has 2 aromatic rings. The van der Waals surface area contributed by atoms with E-state index in [4.69, 9.17) is 11.6 Å². The molecule has 2 heterocycles. The van der Waals surface area contributed by atoms with Crippen LogP contribution in [0.3, 0.4) is 0 Å². The lowest BCUT2D eigenvalue weighted by Crippen LogP contribution is -1.97. The lowest BCUT2D eigenvalue weighted by molar-refractivity contribution is -0.388. The number of halogens is 1. The van der Waals surface area contributed by atoms with Gasteiger partial charge in [0.15, 0.2) is 10.2 Å². The van der Waals surface area contributed by atoms with Crippen LogP contribution >= 0.6 is 23.4 Å². The minimum atomic E-state index is -0.512. The van der Waals surface area contributed by atoms with E-state index >= 15 is 0 Å². The first-order chi connectivity index (χ1) is 8.08. The summed E-state index contributed by atoms with van der Waals surface area (Å²) in [5, 5.41) is 15.6. The number of aryl methyl sites for hydroxylation is 1. The average molecular weight is 272 g/mol. The number of hydrogen-bond donors (Lipinski definition) is 0. The summed E-state index contributed by atoms with van der Waals surface area (Å²) in [6.07, 6.45) is 1.36. The molecule has 0 fully saturated rings. The minimum absolute atomic E-state index is 0.109. The van der Waals surface area contributed by atoms with Gasteiger partial charge in [-0.15, -0.1) is 0 Å². The molecule has 0 aliphatic rings. The second kappa shape index (κ2) is 4.68. The highest BCUT2D eigenvalue weighted by molar-refractivity contribution is 7.99. The van der Waals surface area contributed by atoms with E-state index in [0.29, 0.717) is 5.16 Å². The zero-order valence-electron chi connectivity index (χ0n) is 8.57. The van der Waals surface area contributed by atoms with Crippen LogP contribution in [0.2, 0.25) is 5.15 Å². The van der Waals surface area contributed by atoms with Crippen LogP contribution in [0.4, 0.5) is 5.69 Å². The minimum Gasteiger partial charge on any atom is -0.258 e. The summed E-state index contributed by atoms with van der Waals surface area (Å²) in [6.45, 7) is 0. The van der Waals surface area contributed by atoms with E-state index in [1.54, 1.807) is 7.05 Å². The van der Waals surface area contributed by atoms with Gasteiger partial charge < -0.3 is 0 Å². The number of rotatable bonds is 3. The van der Waals surface area contributed by atoms with E-state index in [9.17, 15) is 10.1 Å². The van der Waals surface area contributed by atoms with Crippen LogP contribution in [0.1, 0.15) is 0 Å². The molecule has 7 nitrogen and oxygen atoms in total. The lowest BCUT2D eigenvalue weighted by atomic mass is 10.4. The highest BCUT2D eigenvalue weighted by atomic mass is 35.5. The van der Waals surface area contributed by atoms with Crippen molar-refractivity contribution >= 4 is 29.1 Å². The van der Waals surface area contributed by atoms with Gasteiger partial charge in [-0.1, -0.05) is 11.6 Å². The van der Waals surface area contributed by atoms with Gasteiger partial charge in [0, 0.05) is 13.1 Å². The fourth-order valence-electron chi connectivity index (χ4n) is 1.09. The van der Waals surface area contributed by atoms with Gasteiger partial charge in [-0.2, -0.15) is 5.10 Å². The molecule has 0 atom stereocenters. The van der Waals surface area contributed by atoms with Crippen LogP contribution in [0.25, 0.3) is 0 Å². The Kier molecular flexibility index (Phi) is 3.25. The zero-order valence-corrected chi connectivity index (χ0v) is 10.1. The largest absolute Gasteiger partial charge is 0.301 e. The normalized spacial score (nSPS) is 10.5. The molecule has 0 bridgehead atoms. The fourth-order valence-corrected chi connectivity index (χ4v) is 2.13. The number of aromatic nitrogens is 4. The molecule has 2 aromatic heterocycles. The van der Waals surface area contributed by atoms with Crippen molar-refractivity contribution < 1.29 is 4.92 Å². The first-order valence-corrected chi connectivity index (χ1v) is 5.60. The Morgan fingerprint density at radius 1 is 1.53 bits per heavy atom. The van der Waals surface area contributed by atoms with Crippen LogP contribution in [0, 0.1) is 10.1 Å². The first-order valence-electron chi connectivity index (χ1n) is 4.40. The van der Waals surface area contributed by atoms with Gasteiger partial charge in [0.05, 0.1) is 4.92 Å². The molecule has 0 saturated heterocycles. The van der Waals surface area contributed by atoms with Gasteiger partial charge in [-0.3, -0.25) is 10.1 Å². The summed E-state index contributed by atoms with van der Waals surface area (Å²) >= 11 is 6.75. The maximum atomic E-state index is 10.8. The zero-order chi connectivity index (χ0) is 12.4. The van der Waals surface area contributed by atoms with Crippen molar-refractivity contribution in [3.8, 4) is 0 Å². The van der Waals surface area contributed by atoms with Crippen molar-refractivity contribution in [3.63, 3.8) is 0 Å². The van der Waals surface area contributed by atoms with E-state index in [1.165, 1.54) is 23.1 Å². The topological polar surface area (TPSA) is 86.7 Å². The van der Waals surface area contributed by atoms with Crippen LogP contribution in [0.15, 0.2) is 28.6 Å². The predicted octanol–water partition coefficient (Wildman–Crippen LogP) is 1.92. The molecule has 0 aliphatic carbocycles. The molecule has 0 saturated carbocycles. The third-order valence-corrected chi connectivity index (χ3v) is 3.12. The van der Waals surface area contributed by atoms with Gasteiger partial charge in [0.25, 0.3) is 0 Å². The second-order valence-electron chi connectivity index (χ2n) is 2.98. The Labute approximate surface area is 105 Å². The van der Waals surface area contributed by atoms with E-state index in [0.717, 1.165) is 11.8 Å². The molecule has 0 amide bonds. The molecule has 88 valence electrons. The SMILES string of the molecule is Cn1ncnc1Sc1nc(Cl)ccc1[N+](=O)[O-]. The van der Waals surface area contributed by atoms with E-state index in [1.807, 2.05) is 0 Å². The third kappa shape index (κ3) is 2.53. The predicted molar refractivity (Wildman–Crippen MR) is 61.0 cm³/mol. The summed E-state index contributed by atoms with van der Waals surface area (Å²) in [7, 11) is 1.69. The van der Waals surface area contributed by atoms with Gasteiger partial charge in [-0.25, -0.2) is 14.6 Å². The molecule has 2 rings (SSSR count). The summed E-state index contributed by atoms with van der Waals surface area (Å²) in [6, 6.07) is 2.69. The third-order valence-electron chi connectivity index (χ3n) is 1.86. The lowest BCUT2D eigenvalue weighted by Gasteiger charge is -2.01. The van der Waals surface area contributed by atoms with Crippen LogP contribution in [-0.2, 0) is 7.05 Å². The van der Waals surface area contributed by atoms with Crippen molar-refractivity contribution in [1.82, 2.24) is 19.7 Å². The van der Waals surface area contributed by atoms with Crippen LogP contribution in [-0.4, -0.2) is 24.7 Å². The molecule has 0 aromatic carbocycles. The quantitative estimate of drug-likeness (QED) is 0.481. The molecule has 0 unspecified atom stereocenters. The van der Waals surface area contributed by atoms with Crippen molar-refractivity contribution in [2.24, 2.45) is 7.05 Å². The summed E-state index contributed by atoms with van der Waals surface area (Å²) < 4.78 is 1.50.